The van der Waals surface area contributed by atoms with Gasteiger partial charge >= 0.3 is 0 Å². The van der Waals surface area contributed by atoms with Gasteiger partial charge in [0.15, 0.2) is 0 Å². The van der Waals surface area contributed by atoms with Crippen molar-refractivity contribution in [2.45, 2.75) is 13.6 Å². The molecule has 21 heavy (non-hydrogen) atoms. The smallest absolute Gasteiger partial charge is 0.266 e. The summed E-state index contributed by atoms with van der Waals surface area (Å²) < 4.78 is 14.7. The van der Waals surface area contributed by atoms with Gasteiger partial charge in [-0.15, -0.1) is 0 Å². The fourth-order valence-electron chi connectivity index (χ4n) is 2.36. The van der Waals surface area contributed by atoms with Crippen molar-refractivity contribution in [3.05, 3.63) is 69.2 Å². The van der Waals surface area contributed by atoms with E-state index >= 15 is 0 Å². The number of halogens is 2. The molecule has 0 bridgehead atoms. The van der Waals surface area contributed by atoms with Gasteiger partial charge in [-0.25, -0.2) is 9.37 Å². The molecule has 0 unspecified atom stereocenters. The molecular weight excluding hydrogens is 291 g/mol. The molecule has 2 aromatic carbocycles. The summed E-state index contributed by atoms with van der Waals surface area (Å²) in [6, 6.07) is 12.1. The van der Waals surface area contributed by atoms with Gasteiger partial charge in [0, 0.05) is 5.02 Å². The summed E-state index contributed by atoms with van der Waals surface area (Å²) >= 11 is 5.94. The van der Waals surface area contributed by atoms with E-state index < -0.39 is 6.67 Å². The molecule has 0 aliphatic rings. The molecule has 0 saturated heterocycles. The summed E-state index contributed by atoms with van der Waals surface area (Å²) in [7, 11) is 0. The van der Waals surface area contributed by atoms with Crippen molar-refractivity contribution in [2.75, 3.05) is 0 Å². The quantitative estimate of drug-likeness (QED) is 0.721. The van der Waals surface area contributed by atoms with E-state index in [2.05, 4.69) is 4.98 Å². The van der Waals surface area contributed by atoms with E-state index in [4.69, 9.17) is 11.6 Å². The fourth-order valence-corrected chi connectivity index (χ4v) is 2.53. The van der Waals surface area contributed by atoms with Crippen molar-refractivity contribution < 1.29 is 4.39 Å². The fraction of sp³-hybridized carbons (Fsp3) is 0.125. The molecule has 3 rings (SSSR count). The molecule has 0 saturated carbocycles. The van der Waals surface area contributed by atoms with Crippen molar-refractivity contribution in [3.8, 4) is 5.69 Å². The topological polar surface area (TPSA) is 34.9 Å². The van der Waals surface area contributed by atoms with Crippen molar-refractivity contribution in [1.82, 2.24) is 9.55 Å². The lowest BCUT2D eigenvalue weighted by molar-refractivity contribution is 0.457. The Bertz CT molecular complexity index is 889. The van der Waals surface area contributed by atoms with Gasteiger partial charge < -0.3 is 0 Å². The molecule has 106 valence electrons. The number of hydrogen-bond donors (Lipinski definition) is 0. The van der Waals surface area contributed by atoms with Crippen LogP contribution in [0.5, 0.6) is 0 Å². The zero-order valence-corrected chi connectivity index (χ0v) is 12.1. The van der Waals surface area contributed by atoms with Gasteiger partial charge in [0.1, 0.15) is 12.5 Å². The van der Waals surface area contributed by atoms with E-state index in [-0.39, 0.29) is 11.4 Å². The first-order valence-corrected chi connectivity index (χ1v) is 6.83. The third-order valence-corrected chi connectivity index (χ3v) is 3.61. The normalized spacial score (nSPS) is 11.0. The first-order valence-electron chi connectivity index (χ1n) is 6.45. The third-order valence-electron chi connectivity index (χ3n) is 3.38. The maximum atomic E-state index is 13.3. The molecule has 5 heteroatoms. The molecule has 0 radical (unpaired) electrons. The predicted octanol–water partition coefficient (Wildman–Crippen LogP) is 3.82. The van der Waals surface area contributed by atoms with Crippen LogP contribution in [0.4, 0.5) is 4.39 Å². The zero-order valence-electron chi connectivity index (χ0n) is 11.3. The second kappa shape index (κ2) is 5.30. The Morgan fingerprint density at radius 2 is 2.00 bits per heavy atom. The summed E-state index contributed by atoms with van der Waals surface area (Å²) in [5.74, 6) is 0.0872. The van der Waals surface area contributed by atoms with Gasteiger partial charge in [0.2, 0.25) is 0 Å². The van der Waals surface area contributed by atoms with Gasteiger partial charge in [-0.2, -0.15) is 0 Å². The van der Waals surface area contributed by atoms with Crippen LogP contribution in [0.15, 0.2) is 47.3 Å². The highest BCUT2D eigenvalue weighted by atomic mass is 35.5. The molecule has 1 aromatic heterocycles. The zero-order chi connectivity index (χ0) is 15.0. The van der Waals surface area contributed by atoms with Crippen LogP contribution in [0.25, 0.3) is 16.6 Å². The number of alkyl halides is 1. The van der Waals surface area contributed by atoms with Crippen LogP contribution < -0.4 is 5.56 Å². The average molecular weight is 303 g/mol. The lowest BCUT2D eigenvalue weighted by Crippen LogP contribution is -2.24. The molecular formula is C16H12ClFN2O. The lowest BCUT2D eigenvalue weighted by atomic mass is 10.2. The molecule has 0 aliphatic carbocycles. The number of aryl methyl sites for hydroxylation is 1. The standard InChI is InChI=1S/C16H12ClFN2O/c1-10-4-2-3-5-14(10)20-15(9-18)19-13-7-6-11(17)8-12(13)16(20)21/h2-8H,9H2,1H3. The molecule has 0 atom stereocenters. The Morgan fingerprint density at radius 1 is 1.24 bits per heavy atom. The van der Waals surface area contributed by atoms with E-state index in [0.29, 0.717) is 21.6 Å². The van der Waals surface area contributed by atoms with E-state index in [0.717, 1.165) is 5.56 Å². The number of fused-ring (bicyclic) bond motifs is 1. The molecule has 3 aromatic rings. The van der Waals surface area contributed by atoms with Gasteiger partial charge in [-0.05, 0) is 36.8 Å². The largest absolute Gasteiger partial charge is 0.268 e. The average Bonchev–Trinajstić information content (AvgIpc) is 2.49. The van der Waals surface area contributed by atoms with Crippen molar-refractivity contribution in [2.24, 2.45) is 0 Å². The van der Waals surface area contributed by atoms with Crippen LogP contribution >= 0.6 is 11.6 Å². The second-order valence-electron chi connectivity index (χ2n) is 4.75. The number of rotatable bonds is 2. The highest BCUT2D eigenvalue weighted by Crippen LogP contribution is 2.19. The molecule has 0 spiro atoms. The number of para-hydroxylation sites is 1. The Balaban J connectivity index is 2.44. The second-order valence-corrected chi connectivity index (χ2v) is 5.19. The van der Waals surface area contributed by atoms with Crippen LogP contribution in [0.3, 0.4) is 0 Å². The van der Waals surface area contributed by atoms with Crippen LogP contribution in [0, 0.1) is 6.92 Å². The van der Waals surface area contributed by atoms with E-state index in [1.54, 1.807) is 30.3 Å². The first kappa shape index (κ1) is 13.8. The van der Waals surface area contributed by atoms with Crippen LogP contribution in [-0.2, 0) is 6.67 Å². The van der Waals surface area contributed by atoms with Gasteiger partial charge in [0.05, 0.1) is 16.6 Å². The monoisotopic (exact) mass is 302 g/mol. The SMILES string of the molecule is Cc1ccccc1-n1c(CF)nc2ccc(Cl)cc2c1=O. The molecule has 3 nitrogen and oxygen atoms in total. The van der Waals surface area contributed by atoms with Gasteiger partial charge in [-0.1, -0.05) is 29.8 Å². The summed E-state index contributed by atoms with van der Waals surface area (Å²) in [4.78, 5) is 17.0. The summed E-state index contributed by atoms with van der Waals surface area (Å²) in [5.41, 5.74) is 1.63. The predicted molar refractivity (Wildman–Crippen MR) is 81.9 cm³/mol. The van der Waals surface area contributed by atoms with Crippen molar-refractivity contribution in [3.63, 3.8) is 0 Å². The summed E-state index contributed by atoms with van der Waals surface area (Å²) in [5, 5.41) is 0.827. The van der Waals surface area contributed by atoms with Crippen molar-refractivity contribution in [1.29, 1.82) is 0 Å². The highest BCUT2D eigenvalue weighted by Gasteiger charge is 2.14. The van der Waals surface area contributed by atoms with Crippen LogP contribution in [-0.4, -0.2) is 9.55 Å². The molecule has 0 N–H and O–H groups in total. The molecule has 0 amide bonds. The minimum absolute atomic E-state index is 0.0872. The van der Waals surface area contributed by atoms with Crippen LogP contribution in [0.2, 0.25) is 5.02 Å². The van der Waals surface area contributed by atoms with E-state index in [9.17, 15) is 9.18 Å². The summed E-state index contributed by atoms with van der Waals surface area (Å²) in [6.07, 6.45) is 0. The third kappa shape index (κ3) is 2.32. The van der Waals surface area contributed by atoms with Crippen LogP contribution in [0.1, 0.15) is 11.4 Å². The maximum absolute atomic E-state index is 13.3. The lowest BCUT2D eigenvalue weighted by Gasteiger charge is -2.13. The summed E-state index contributed by atoms with van der Waals surface area (Å²) in [6.45, 7) is 1.05. The number of hydrogen-bond acceptors (Lipinski definition) is 2. The van der Waals surface area contributed by atoms with E-state index in [1.165, 1.54) is 4.57 Å². The highest BCUT2D eigenvalue weighted by molar-refractivity contribution is 6.31. The van der Waals surface area contributed by atoms with Gasteiger partial charge in [-0.3, -0.25) is 9.36 Å². The molecule has 0 aliphatic heterocycles. The Morgan fingerprint density at radius 3 is 2.71 bits per heavy atom. The Kier molecular flexibility index (Phi) is 3.47. The van der Waals surface area contributed by atoms with Gasteiger partial charge in [0.25, 0.3) is 5.56 Å². The minimum Gasteiger partial charge on any atom is -0.268 e. The maximum Gasteiger partial charge on any atom is 0.266 e. The number of benzene rings is 2. The minimum atomic E-state index is -0.817. The molecule has 1 heterocycles. The number of nitrogens with zero attached hydrogens (tertiary/aromatic N) is 2. The first-order chi connectivity index (χ1) is 10.1. The Hall–Kier alpha value is -2.20. The Labute approximate surface area is 125 Å². The van der Waals surface area contributed by atoms with E-state index in [1.807, 2.05) is 19.1 Å². The van der Waals surface area contributed by atoms with Crippen molar-refractivity contribution >= 4 is 22.5 Å². The molecule has 0 fully saturated rings. The number of aromatic nitrogens is 2.